The molecule has 0 aliphatic heterocycles. The van der Waals surface area contributed by atoms with Crippen LogP contribution in [0.15, 0.2) is 85.2 Å². The van der Waals surface area contributed by atoms with Crippen molar-refractivity contribution in [2.75, 3.05) is 5.32 Å². The maximum atomic E-state index is 14.0. The zero-order valence-electron chi connectivity index (χ0n) is 20.3. The molecule has 40 heavy (non-hydrogen) atoms. The molecule has 0 radical (unpaired) electrons. The average molecular weight is 581 g/mol. The molecule has 12 heteroatoms. The van der Waals surface area contributed by atoms with Crippen LogP contribution in [0.2, 0.25) is 10.0 Å². The Morgan fingerprint density at radius 3 is 2.42 bits per heavy atom. The fraction of sp³-hybridized carbons (Fsp3) is 0.0714. The number of aromatic nitrogens is 5. The Balaban J connectivity index is 1.31. The summed E-state index contributed by atoms with van der Waals surface area (Å²) in [7, 11) is 0. The molecule has 200 valence electrons. The Hall–Kier alpha value is -4.41. The molecule has 0 atom stereocenters. The van der Waals surface area contributed by atoms with E-state index in [4.69, 9.17) is 23.2 Å². The molecule has 6 rings (SSSR count). The van der Waals surface area contributed by atoms with Gasteiger partial charge in [0, 0.05) is 33.4 Å². The highest BCUT2D eigenvalue weighted by atomic mass is 35.5. The minimum atomic E-state index is -4.74. The lowest BCUT2D eigenvalue weighted by molar-refractivity contribution is -0.142. The Morgan fingerprint density at radius 2 is 1.68 bits per heavy atom. The largest absolute Gasteiger partial charge is 0.433 e. The SMILES string of the molecule is O=C(Nc1cnn(Cc2c(Cl)cccc2Cl)c1)c1cc2nc(-c3ccc4ccccc4c3)cc(C(F)(F)F)n2n1. The number of amides is 1. The standard InChI is InChI=1S/C28H17Cl2F3N6O/c29-21-6-3-7-22(30)20(21)15-38-14-19(13-34-38)35-27(40)24-12-26-36-23(11-25(28(31,32)33)39(26)37-24)18-9-8-16-4-1-2-5-17(16)10-18/h1-14H,15H2,(H,35,40). The predicted octanol–water partition coefficient (Wildman–Crippen LogP) is 7.37. The molecule has 1 amide bonds. The zero-order valence-corrected chi connectivity index (χ0v) is 21.8. The molecule has 0 fully saturated rings. The smallest absolute Gasteiger partial charge is 0.318 e. The fourth-order valence-electron chi connectivity index (χ4n) is 4.34. The number of fused-ring (bicyclic) bond motifs is 2. The second kappa shape index (κ2) is 9.96. The molecule has 3 aromatic heterocycles. The molecule has 1 N–H and O–H groups in total. The second-order valence-electron chi connectivity index (χ2n) is 8.97. The summed E-state index contributed by atoms with van der Waals surface area (Å²) in [6, 6.07) is 20.1. The molecule has 3 heterocycles. The van der Waals surface area contributed by atoms with Gasteiger partial charge in [0.05, 0.1) is 24.1 Å². The molecule has 0 aliphatic rings. The van der Waals surface area contributed by atoms with Crippen molar-refractivity contribution in [1.82, 2.24) is 24.4 Å². The molecule has 0 aliphatic carbocycles. The molecule has 6 aromatic rings. The van der Waals surface area contributed by atoms with E-state index in [0.29, 0.717) is 31.4 Å². The van der Waals surface area contributed by atoms with Crippen LogP contribution in [0.1, 0.15) is 21.7 Å². The second-order valence-corrected chi connectivity index (χ2v) is 9.78. The predicted molar refractivity (Wildman–Crippen MR) is 147 cm³/mol. The van der Waals surface area contributed by atoms with Crippen LogP contribution in [0.4, 0.5) is 18.9 Å². The van der Waals surface area contributed by atoms with Crippen molar-refractivity contribution in [3.63, 3.8) is 0 Å². The molecule has 0 unspecified atom stereocenters. The third-order valence-corrected chi connectivity index (χ3v) is 6.98. The van der Waals surface area contributed by atoms with E-state index in [-0.39, 0.29) is 23.6 Å². The van der Waals surface area contributed by atoms with Crippen LogP contribution in [-0.4, -0.2) is 30.3 Å². The van der Waals surface area contributed by atoms with Gasteiger partial charge in [-0.3, -0.25) is 9.48 Å². The van der Waals surface area contributed by atoms with Crippen LogP contribution in [0.3, 0.4) is 0 Å². The lowest BCUT2D eigenvalue weighted by Gasteiger charge is -2.11. The molecular weight excluding hydrogens is 564 g/mol. The molecule has 0 saturated carbocycles. The first-order valence-corrected chi connectivity index (χ1v) is 12.7. The number of nitrogens with zero attached hydrogens (tertiary/aromatic N) is 5. The number of rotatable bonds is 5. The molecule has 0 bridgehead atoms. The first kappa shape index (κ1) is 25.8. The van der Waals surface area contributed by atoms with Crippen molar-refractivity contribution in [2.45, 2.75) is 12.7 Å². The van der Waals surface area contributed by atoms with Crippen molar-refractivity contribution in [3.8, 4) is 11.3 Å². The van der Waals surface area contributed by atoms with Crippen LogP contribution in [0.25, 0.3) is 27.7 Å². The van der Waals surface area contributed by atoms with Crippen LogP contribution in [-0.2, 0) is 12.7 Å². The van der Waals surface area contributed by atoms with Gasteiger partial charge >= 0.3 is 6.18 Å². The minimum Gasteiger partial charge on any atom is -0.318 e. The maximum Gasteiger partial charge on any atom is 0.433 e. The number of carbonyl (C=O) groups is 1. The van der Waals surface area contributed by atoms with Gasteiger partial charge in [-0.25, -0.2) is 9.50 Å². The van der Waals surface area contributed by atoms with Crippen molar-refractivity contribution in [3.05, 3.63) is 112 Å². The third-order valence-electron chi connectivity index (χ3n) is 6.27. The van der Waals surface area contributed by atoms with Gasteiger partial charge in [-0.15, -0.1) is 0 Å². The number of carbonyl (C=O) groups excluding carboxylic acids is 1. The lowest BCUT2D eigenvalue weighted by Crippen LogP contribution is -2.15. The Kier molecular flexibility index (Phi) is 6.44. The quantitative estimate of drug-likeness (QED) is 0.231. The van der Waals surface area contributed by atoms with Gasteiger partial charge in [0.25, 0.3) is 5.91 Å². The molecule has 7 nitrogen and oxygen atoms in total. The first-order chi connectivity index (χ1) is 19.2. The number of halogens is 5. The van der Waals surface area contributed by atoms with Gasteiger partial charge in [-0.05, 0) is 35.0 Å². The van der Waals surface area contributed by atoms with Gasteiger partial charge in [0.15, 0.2) is 17.0 Å². The average Bonchev–Trinajstić information content (AvgIpc) is 3.56. The van der Waals surface area contributed by atoms with E-state index in [1.54, 1.807) is 36.5 Å². The zero-order chi connectivity index (χ0) is 28.0. The topological polar surface area (TPSA) is 77.1 Å². The van der Waals surface area contributed by atoms with E-state index < -0.39 is 17.8 Å². The van der Waals surface area contributed by atoms with Crippen LogP contribution in [0, 0.1) is 0 Å². The third kappa shape index (κ3) is 4.99. The summed E-state index contributed by atoms with van der Waals surface area (Å²) in [4.78, 5) is 17.3. The number of hydrogen-bond acceptors (Lipinski definition) is 4. The first-order valence-electron chi connectivity index (χ1n) is 11.9. The van der Waals surface area contributed by atoms with Crippen molar-refractivity contribution in [1.29, 1.82) is 0 Å². The van der Waals surface area contributed by atoms with Gasteiger partial charge in [0.1, 0.15) is 0 Å². The summed E-state index contributed by atoms with van der Waals surface area (Å²) in [5, 5.41) is 13.5. The lowest BCUT2D eigenvalue weighted by atomic mass is 10.0. The molecule has 0 spiro atoms. The molecular formula is C28H17Cl2F3N6O. The minimum absolute atomic E-state index is 0.108. The Labute approximate surface area is 234 Å². The van der Waals surface area contributed by atoms with Crippen LogP contribution in [0.5, 0.6) is 0 Å². The van der Waals surface area contributed by atoms with E-state index in [1.165, 1.54) is 16.9 Å². The van der Waals surface area contributed by atoms with Crippen molar-refractivity contribution in [2.24, 2.45) is 0 Å². The van der Waals surface area contributed by atoms with Gasteiger partial charge in [-0.2, -0.15) is 23.4 Å². The summed E-state index contributed by atoms with van der Waals surface area (Å²) in [5.74, 6) is -0.721. The normalized spacial score (nSPS) is 11.8. The fourth-order valence-corrected chi connectivity index (χ4v) is 4.86. The summed E-state index contributed by atoms with van der Waals surface area (Å²) >= 11 is 12.4. The van der Waals surface area contributed by atoms with E-state index in [0.717, 1.165) is 16.8 Å². The van der Waals surface area contributed by atoms with Gasteiger partial charge in [-0.1, -0.05) is 65.7 Å². The Morgan fingerprint density at radius 1 is 0.925 bits per heavy atom. The number of nitrogens with one attached hydrogen (secondary N) is 1. The summed E-state index contributed by atoms with van der Waals surface area (Å²) in [6.07, 6.45) is -1.80. The van der Waals surface area contributed by atoms with E-state index in [2.05, 4.69) is 20.5 Å². The van der Waals surface area contributed by atoms with Gasteiger partial charge < -0.3 is 5.32 Å². The van der Waals surface area contributed by atoms with Crippen molar-refractivity contribution >= 4 is 51.2 Å². The molecule has 0 saturated heterocycles. The summed E-state index contributed by atoms with van der Waals surface area (Å²) < 4.78 is 44.3. The highest BCUT2D eigenvalue weighted by Gasteiger charge is 2.35. The van der Waals surface area contributed by atoms with Crippen LogP contribution >= 0.6 is 23.2 Å². The van der Waals surface area contributed by atoms with E-state index >= 15 is 0 Å². The maximum absolute atomic E-state index is 14.0. The monoisotopic (exact) mass is 580 g/mol. The van der Waals surface area contributed by atoms with E-state index in [1.807, 2.05) is 30.3 Å². The number of anilines is 1. The van der Waals surface area contributed by atoms with E-state index in [9.17, 15) is 18.0 Å². The number of hydrogen-bond donors (Lipinski definition) is 1. The van der Waals surface area contributed by atoms with Crippen molar-refractivity contribution < 1.29 is 18.0 Å². The van der Waals surface area contributed by atoms with Crippen LogP contribution < -0.4 is 5.32 Å². The highest BCUT2D eigenvalue weighted by Crippen LogP contribution is 2.33. The molecule has 3 aromatic carbocycles. The Bertz CT molecular complexity index is 1890. The van der Waals surface area contributed by atoms with Gasteiger partial charge in [0.2, 0.25) is 0 Å². The highest BCUT2D eigenvalue weighted by molar-refractivity contribution is 6.36. The number of benzene rings is 3. The summed E-state index contributed by atoms with van der Waals surface area (Å²) in [5.41, 5.74) is 0.167. The summed E-state index contributed by atoms with van der Waals surface area (Å²) in [6.45, 7) is 0.249. The number of alkyl halides is 3.